The van der Waals surface area contributed by atoms with E-state index in [0.717, 1.165) is 0 Å². The van der Waals surface area contributed by atoms with Crippen molar-refractivity contribution in [1.29, 1.82) is 5.26 Å². The fraction of sp³-hybridized carbons (Fsp3) is 0.333. The number of thioether (sulfide) groups is 1. The predicted octanol–water partition coefficient (Wildman–Crippen LogP) is 3.32. The van der Waals surface area contributed by atoms with E-state index < -0.39 is 23.9 Å². The van der Waals surface area contributed by atoms with Crippen molar-refractivity contribution in [2.24, 2.45) is 0 Å². The minimum absolute atomic E-state index is 0.356. The molecule has 0 heterocycles. The first-order valence-electron chi connectivity index (χ1n) is 5.41. The number of nitriles is 1. The smallest absolute Gasteiger partial charge is 0.336 e. The molecule has 1 N–H and O–H groups in total. The number of carbonyl (C=O) groups is 1. The average molecular weight is 323 g/mol. The lowest BCUT2D eigenvalue weighted by Gasteiger charge is -2.12. The fourth-order valence-electron chi connectivity index (χ4n) is 1.31. The van der Waals surface area contributed by atoms with Crippen LogP contribution in [0.5, 0.6) is 0 Å². The molecule has 0 aliphatic heterocycles. The van der Waals surface area contributed by atoms with E-state index in [4.69, 9.17) is 16.9 Å². The molecule has 3 nitrogen and oxygen atoms in total. The lowest BCUT2D eigenvalue weighted by Crippen LogP contribution is -2.29. The van der Waals surface area contributed by atoms with E-state index in [1.807, 2.05) is 6.07 Å². The van der Waals surface area contributed by atoms with Crippen LogP contribution in [0.25, 0.3) is 0 Å². The molecule has 0 bridgehead atoms. The standard InChI is InChI=1S/C12H10ClF3N2OS/c13-9-3-1-8(2-4-9)10(5-17)18-11(19)6-20-7-12(14,15)16/h1-4,10H,6-7H2,(H,18,19)/t10-/m0/s1. The first kappa shape index (κ1) is 16.7. The largest absolute Gasteiger partial charge is 0.397 e. The summed E-state index contributed by atoms with van der Waals surface area (Å²) in [6, 6.07) is 7.22. The number of rotatable bonds is 5. The molecule has 108 valence electrons. The molecule has 20 heavy (non-hydrogen) atoms. The van der Waals surface area contributed by atoms with Crippen molar-refractivity contribution in [3.63, 3.8) is 0 Å². The number of halogens is 4. The van der Waals surface area contributed by atoms with E-state index in [1.165, 1.54) is 0 Å². The molecule has 0 saturated heterocycles. The highest BCUT2D eigenvalue weighted by Crippen LogP contribution is 2.21. The maximum absolute atomic E-state index is 11.9. The summed E-state index contributed by atoms with van der Waals surface area (Å²) in [5, 5.41) is 11.8. The summed E-state index contributed by atoms with van der Waals surface area (Å²) < 4.78 is 35.8. The van der Waals surface area contributed by atoms with E-state index in [0.29, 0.717) is 22.3 Å². The Morgan fingerprint density at radius 2 is 2.00 bits per heavy atom. The van der Waals surface area contributed by atoms with Crippen LogP contribution < -0.4 is 5.32 Å². The zero-order valence-corrected chi connectivity index (χ0v) is 11.6. The van der Waals surface area contributed by atoms with Gasteiger partial charge < -0.3 is 5.32 Å². The molecule has 1 aromatic carbocycles. The van der Waals surface area contributed by atoms with Gasteiger partial charge in [-0.05, 0) is 17.7 Å². The Bertz CT molecular complexity index is 499. The summed E-state index contributed by atoms with van der Waals surface area (Å²) >= 11 is 6.15. The highest BCUT2D eigenvalue weighted by Gasteiger charge is 2.27. The molecule has 0 aromatic heterocycles. The van der Waals surface area contributed by atoms with Crippen molar-refractivity contribution in [3.8, 4) is 6.07 Å². The van der Waals surface area contributed by atoms with Crippen molar-refractivity contribution in [3.05, 3.63) is 34.9 Å². The van der Waals surface area contributed by atoms with Crippen molar-refractivity contribution in [2.75, 3.05) is 11.5 Å². The number of nitrogens with zero attached hydrogens (tertiary/aromatic N) is 1. The van der Waals surface area contributed by atoms with Gasteiger partial charge in [-0.1, -0.05) is 23.7 Å². The van der Waals surface area contributed by atoms with Crippen LogP contribution in [-0.4, -0.2) is 23.6 Å². The molecular formula is C12H10ClF3N2OS. The number of hydrogen-bond donors (Lipinski definition) is 1. The van der Waals surface area contributed by atoms with Crippen molar-refractivity contribution in [1.82, 2.24) is 5.32 Å². The van der Waals surface area contributed by atoms with Gasteiger partial charge in [0.15, 0.2) is 0 Å². The normalized spacial score (nSPS) is 12.6. The third-order valence-electron chi connectivity index (χ3n) is 2.14. The van der Waals surface area contributed by atoms with Crippen molar-refractivity contribution < 1.29 is 18.0 Å². The lowest BCUT2D eigenvalue weighted by atomic mass is 10.1. The molecule has 0 aliphatic carbocycles. The molecule has 0 spiro atoms. The Morgan fingerprint density at radius 1 is 1.40 bits per heavy atom. The number of hydrogen-bond acceptors (Lipinski definition) is 3. The van der Waals surface area contributed by atoms with E-state index in [2.05, 4.69) is 5.32 Å². The quantitative estimate of drug-likeness (QED) is 0.904. The molecule has 1 atom stereocenters. The van der Waals surface area contributed by atoms with E-state index in [-0.39, 0.29) is 5.75 Å². The minimum atomic E-state index is -4.31. The zero-order chi connectivity index (χ0) is 15.2. The van der Waals surface area contributed by atoms with E-state index in [1.54, 1.807) is 24.3 Å². The van der Waals surface area contributed by atoms with Crippen LogP contribution in [0.4, 0.5) is 13.2 Å². The zero-order valence-electron chi connectivity index (χ0n) is 10.1. The van der Waals surface area contributed by atoms with Crippen LogP contribution in [-0.2, 0) is 4.79 Å². The fourth-order valence-corrected chi connectivity index (χ4v) is 2.04. The number of benzene rings is 1. The van der Waals surface area contributed by atoms with Crippen molar-refractivity contribution >= 4 is 29.3 Å². The predicted molar refractivity (Wildman–Crippen MR) is 71.3 cm³/mol. The molecule has 1 aromatic rings. The van der Waals surface area contributed by atoms with Crippen LogP contribution in [0.15, 0.2) is 24.3 Å². The highest BCUT2D eigenvalue weighted by atomic mass is 35.5. The SMILES string of the molecule is N#C[C@H](NC(=O)CSCC(F)(F)F)c1ccc(Cl)cc1. The van der Waals surface area contributed by atoms with E-state index in [9.17, 15) is 18.0 Å². The molecule has 0 unspecified atom stereocenters. The Balaban J connectivity index is 2.50. The van der Waals surface area contributed by atoms with Crippen LogP contribution in [0.3, 0.4) is 0 Å². The summed E-state index contributed by atoms with van der Waals surface area (Å²) in [4.78, 5) is 11.5. The topological polar surface area (TPSA) is 52.9 Å². The summed E-state index contributed by atoms with van der Waals surface area (Å²) in [6.45, 7) is 0. The molecule has 0 fully saturated rings. The maximum atomic E-state index is 11.9. The molecule has 1 rings (SSSR count). The van der Waals surface area contributed by atoms with Gasteiger partial charge in [-0.25, -0.2) is 0 Å². The second kappa shape index (κ2) is 7.41. The van der Waals surface area contributed by atoms with Gasteiger partial charge in [-0.15, -0.1) is 11.8 Å². The summed E-state index contributed by atoms with van der Waals surface area (Å²) in [6.07, 6.45) is -4.31. The Kier molecular flexibility index (Phi) is 6.17. The third kappa shape index (κ3) is 6.17. The minimum Gasteiger partial charge on any atom is -0.336 e. The number of carbonyl (C=O) groups excluding carboxylic acids is 1. The highest BCUT2D eigenvalue weighted by molar-refractivity contribution is 8.00. The molecule has 1 amide bonds. The summed E-state index contributed by atoms with van der Waals surface area (Å²) in [5.41, 5.74) is 0.520. The second-order valence-electron chi connectivity index (χ2n) is 3.79. The van der Waals surface area contributed by atoms with Crippen LogP contribution in [0.1, 0.15) is 11.6 Å². The van der Waals surface area contributed by atoms with Gasteiger partial charge in [0.2, 0.25) is 5.91 Å². The number of alkyl halides is 3. The first-order chi connectivity index (χ1) is 9.31. The Morgan fingerprint density at radius 3 is 2.50 bits per heavy atom. The summed E-state index contributed by atoms with van der Waals surface area (Å²) in [5.74, 6) is -2.08. The van der Waals surface area contributed by atoms with Gasteiger partial charge in [0.1, 0.15) is 6.04 Å². The maximum Gasteiger partial charge on any atom is 0.397 e. The lowest BCUT2D eigenvalue weighted by molar-refractivity contribution is -0.119. The van der Waals surface area contributed by atoms with Crippen LogP contribution in [0, 0.1) is 11.3 Å². The molecule has 8 heteroatoms. The molecule has 0 saturated carbocycles. The number of amides is 1. The van der Waals surface area contributed by atoms with Crippen molar-refractivity contribution in [2.45, 2.75) is 12.2 Å². The van der Waals surface area contributed by atoms with Crippen LogP contribution in [0.2, 0.25) is 5.02 Å². The van der Waals surface area contributed by atoms with Gasteiger partial charge in [0.05, 0.1) is 17.6 Å². The second-order valence-corrected chi connectivity index (χ2v) is 5.21. The van der Waals surface area contributed by atoms with Gasteiger partial charge in [-0.2, -0.15) is 18.4 Å². The first-order valence-corrected chi connectivity index (χ1v) is 6.94. The third-order valence-corrected chi connectivity index (χ3v) is 3.39. The van der Waals surface area contributed by atoms with Gasteiger partial charge in [0, 0.05) is 5.02 Å². The number of nitrogens with one attached hydrogen (secondary N) is 1. The molecule has 0 aliphatic rings. The van der Waals surface area contributed by atoms with Crippen LogP contribution >= 0.6 is 23.4 Å². The monoisotopic (exact) mass is 322 g/mol. The molecule has 0 radical (unpaired) electrons. The Hall–Kier alpha value is -1.39. The average Bonchev–Trinajstić information content (AvgIpc) is 2.35. The van der Waals surface area contributed by atoms with Gasteiger partial charge in [-0.3, -0.25) is 4.79 Å². The van der Waals surface area contributed by atoms with Gasteiger partial charge >= 0.3 is 6.18 Å². The Labute approximate surface area is 123 Å². The molecular weight excluding hydrogens is 313 g/mol. The van der Waals surface area contributed by atoms with Gasteiger partial charge in [0.25, 0.3) is 0 Å². The van der Waals surface area contributed by atoms with E-state index >= 15 is 0 Å². The summed E-state index contributed by atoms with van der Waals surface area (Å²) in [7, 11) is 0.